The number of anilines is 3. The molecule has 4 rings (SSSR count). The van der Waals surface area contributed by atoms with E-state index in [9.17, 15) is 0 Å². The van der Waals surface area contributed by atoms with Crippen LogP contribution in [0.5, 0.6) is 11.6 Å². The molecule has 0 spiro atoms. The van der Waals surface area contributed by atoms with Gasteiger partial charge in [-0.1, -0.05) is 0 Å². The maximum Gasteiger partial charge on any atom is 0.242 e. The highest BCUT2D eigenvalue weighted by Crippen LogP contribution is 2.36. The van der Waals surface area contributed by atoms with Crippen LogP contribution >= 0.6 is 11.3 Å². The van der Waals surface area contributed by atoms with E-state index in [1.54, 1.807) is 0 Å². The molecule has 0 amide bonds. The number of aryl methyl sites for hydroxylation is 2. The molecule has 0 radical (unpaired) electrons. The molecular weight excluding hydrogens is 370 g/mol. The minimum atomic E-state index is 0.439. The summed E-state index contributed by atoms with van der Waals surface area (Å²) >= 11 is 1.52. The molecule has 0 aliphatic rings. The van der Waals surface area contributed by atoms with Crippen LogP contribution in [0.2, 0.25) is 0 Å². The van der Waals surface area contributed by atoms with Crippen molar-refractivity contribution >= 4 is 38.9 Å². The standard InChI is InChI=1S/C21H17N5OS/c1-12-9-14(11-22)10-13(2)18(12)27-20-19-17(7-8-28-19)25-21(26-20)24-16-5-3-15(23)4-6-16/h3-10H,23H2,1-2H3,(H,24,25,26). The summed E-state index contributed by atoms with van der Waals surface area (Å²) in [6.45, 7) is 3.84. The Kier molecular flexibility index (Phi) is 4.55. The van der Waals surface area contributed by atoms with Crippen molar-refractivity contribution in [2.75, 3.05) is 11.1 Å². The van der Waals surface area contributed by atoms with E-state index in [0.29, 0.717) is 28.8 Å². The van der Waals surface area contributed by atoms with E-state index < -0.39 is 0 Å². The Morgan fingerprint density at radius 1 is 1.07 bits per heavy atom. The maximum atomic E-state index is 9.15. The lowest BCUT2D eigenvalue weighted by Crippen LogP contribution is -2.00. The van der Waals surface area contributed by atoms with Crippen LogP contribution in [0.25, 0.3) is 10.2 Å². The highest BCUT2D eigenvalue weighted by Gasteiger charge is 2.15. The number of rotatable bonds is 4. The van der Waals surface area contributed by atoms with E-state index in [-0.39, 0.29) is 0 Å². The van der Waals surface area contributed by atoms with Crippen molar-refractivity contribution in [3.8, 4) is 17.7 Å². The second-order valence-electron chi connectivity index (χ2n) is 6.39. The Morgan fingerprint density at radius 2 is 1.79 bits per heavy atom. The smallest absolute Gasteiger partial charge is 0.242 e. The number of hydrogen-bond acceptors (Lipinski definition) is 7. The first-order valence-corrected chi connectivity index (χ1v) is 9.48. The van der Waals surface area contributed by atoms with Crippen molar-refractivity contribution in [2.24, 2.45) is 0 Å². The van der Waals surface area contributed by atoms with Crippen LogP contribution in [0.3, 0.4) is 0 Å². The zero-order valence-corrected chi connectivity index (χ0v) is 16.2. The minimum absolute atomic E-state index is 0.439. The van der Waals surface area contributed by atoms with Crippen molar-refractivity contribution in [1.82, 2.24) is 9.97 Å². The first kappa shape index (κ1) is 17.8. The van der Waals surface area contributed by atoms with E-state index in [4.69, 9.17) is 15.7 Å². The van der Waals surface area contributed by atoms with Gasteiger partial charge in [0, 0.05) is 11.4 Å². The Balaban J connectivity index is 1.74. The lowest BCUT2D eigenvalue weighted by Gasteiger charge is -2.13. The zero-order valence-electron chi connectivity index (χ0n) is 15.4. The Morgan fingerprint density at radius 3 is 2.46 bits per heavy atom. The second-order valence-corrected chi connectivity index (χ2v) is 7.30. The third-order valence-electron chi connectivity index (χ3n) is 4.23. The van der Waals surface area contributed by atoms with Gasteiger partial charge in [-0.3, -0.25) is 0 Å². The maximum absolute atomic E-state index is 9.15. The number of hydrogen-bond donors (Lipinski definition) is 2. The van der Waals surface area contributed by atoms with Gasteiger partial charge in [-0.15, -0.1) is 11.3 Å². The molecule has 0 unspecified atom stereocenters. The van der Waals surface area contributed by atoms with Gasteiger partial charge in [0.1, 0.15) is 10.4 Å². The summed E-state index contributed by atoms with van der Waals surface area (Å²) < 4.78 is 7.07. The molecule has 0 atom stereocenters. The fraction of sp³-hybridized carbons (Fsp3) is 0.0952. The number of benzene rings is 2. The quantitative estimate of drug-likeness (QED) is 0.461. The number of nitriles is 1. The van der Waals surface area contributed by atoms with Crippen LogP contribution < -0.4 is 15.8 Å². The van der Waals surface area contributed by atoms with E-state index in [2.05, 4.69) is 21.4 Å². The number of fused-ring (bicyclic) bond motifs is 1. The second kappa shape index (κ2) is 7.18. The van der Waals surface area contributed by atoms with Gasteiger partial charge in [-0.05, 0) is 72.8 Å². The Bertz CT molecular complexity index is 1180. The average Bonchev–Trinajstić information content (AvgIpc) is 3.15. The van der Waals surface area contributed by atoms with Crippen molar-refractivity contribution in [2.45, 2.75) is 13.8 Å². The van der Waals surface area contributed by atoms with Crippen LogP contribution in [-0.4, -0.2) is 9.97 Å². The molecule has 0 aliphatic carbocycles. The molecule has 2 aromatic heterocycles. The van der Waals surface area contributed by atoms with Gasteiger partial charge in [0.05, 0.1) is 17.1 Å². The lowest BCUT2D eigenvalue weighted by atomic mass is 10.1. The molecule has 0 aliphatic heterocycles. The number of ether oxygens (including phenoxy) is 1. The van der Waals surface area contributed by atoms with Crippen molar-refractivity contribution in [3.63, 3.8) is 0 Å². The monoisotopic (exact) mass is 387 g/mol. The Hall–Kier alpha value is -3.63. The average molecular weight is 387 g/mol. The summed E-state index contributed by atoms with van der Waals surface area (Å²) in [6, 6.07) is 15.1. The van der Waals surface area contributed by atoms with E-state index in [0.717, 1.165) is 27.0 Å². The topological polar surface area (TPSA) is 96.8 Å². The first-order chi connectivity index (χ1) is 13.5. The fourth-order valence-electron chi connectivity index (χ4n) is 2.93. The SMILES string of the molecule is Cc1cc(C#N)cc(C)c1Oc1nc(Nc2ccc(N)cc2)nc2ccsc12. The minimum Gasteiger partial charge on any atom is -0.437 e. The van der Waals surface area contributed by atoms with Gasteiger partial charge in [0.25, 0.3) is 0 Å². The van der Waals surface area contributed by atoms with Gasteiger partial charge in [0.2, 0.25) is 11.8 Å². The molecule has 2 aromatic carbocycles. The number of nitrogens with zero attached hydrogens (tertiary/aromatic N) is 3. The predicted molar refractivity (Wildman–Crippen MR) is 112 cm³/mol. The molecule has 0 fully saturated rings. The summed E-state index contributed by atoms with van der Waals surface area (Å²) in [7, 11) is 0. The molecule has 0 saturated carbocycles. The molecule has 0 saturated heterocycles. The lowest BCUT2D eigenvalue weighted by molar-refractivity contribution is 0.463. The van der Waals surface area contributed by atoms with Gasteiger partial charge < -0.3 is 15.8 Å². The summed E-state index contributed by atoms with van der Waals surface area (Å²) in [5.74, 6) is 1.62. The van der Waals surface area contributed by atoms with Gasteiger partial charge >= 0.3 is 0 Å². The normalized spacial score (nSPS) is 10.6. The van der Waals surface area contributed by atoms with Crippen LogP contribution in [-0.2, 0) is 0 Å². The third-order valence-corrected chi connectivity index (χ3v) is 5.12. The van der Waals surface area contributed by atoms with Gasteiger partial charge in [-0.2, -0.15) is 10.2 Å². The number of aromatic nitrogens is 2. The van der Waals surface area contributed by atoms with E-state index in [1.807, 2.05) is 61.7 Å². The molecule has 3 N–H and O–H groups in total. The molecule has 7 heteroatoms. The summed E-state index contributed by atoms with van der Waals surface area (Å²) in [4.78, 5) is 9.14. The number of nitrogen functional groups attached to an aromatic ring is 1. The van der Waals surface area contributed by atoms with Crippen molar-refractivity contribution in [3.05, 3.63) is 64.5 Å². The summed E-state index contributed by atoms with van der Waals surface area (Å²) in [5, 5.41) is 14.3. The molecular formula is C21H17N5OS. The first-order valence-electron chi connectivity index (χ1n) is 8.60. The Labute approximate surface area is 166 Å². The highest BCUT2D eigenvalue weighted by atomic mass is 32.1. The molecule has 6 nitrogen and oxygen atoms in total. The van der Waals surface area contributed by atoms with E-state index >= 15 is 0 Å². The van der Waals surface area contributed by atoms with Crippen LogP contribution in [0, 0.1) is 25.2 Å². The molecule has 4 aromatic rings. The van der Waals surface area contributed by atoms with E-state index in [1.165, 1.54) is 11.3 Å². The third kappa shape index (κ3) is 3.46. The largest absolute Gasteiger partial charge is 0.437 e. The summed E-state index contributed by atoms with van der Waals surface area (Å²) in [6.07, 6.45) is 0. The highest BCUT2D eigenvalue weighted by molar-refractivity contribution is 7.17. The van der Waals surface area contributed by atoms with Gasteiger partial charge in [0.15, 0.2) is 0 Å². The number of nitrogens with two attached hydrogens (primary N) is 1. The molecule has 0 bridgehead atoms. The van der Waals surface area contributed by atoms with Crippen molar-refractivity contribution < 1.29 is 4.74 Å². The zero-order chi connectivity index (χ0) is 19.7. The number of nitrogens with one attached hydrogen (secondary N) is 1. The van der Waals surface area contributed by atoms with Crippen LogP contribution in [0.15, 0.2) is 47.8 Å². The van der Waals surface area contributed by atoms with Crippen LogP contribution in [0.4, 0.5) is 17.3 Å². The summed E-state index contributed by atoms with van der Waals surface area (Å²) in [5.41, 5.74) is 10.4. The fourth-order valence-corrected chi connectivity index (χ4v) is 3.69. The van der Waals surface area contributed by atoms with Crippen LogP contribution in [0.1, 0.15) is 16.7 Å². The molecule has 28 heavy (non-hydrogen) atoms. The van der Waals surface area contributed by atoms with Gasteiger partial charge in [-0.25, -0.2) is 4.98 Å². The molecule has 138 valence electrons. The molecule has 2 heterocycles. The predicted octanol–water partition coefficient (Wildman–Crippen LogP) is 5.30. The van der Waals surface area contributed by atoms with Crippen molar-refractivity contribution in [1.29, 1.82) is 5.26 Å². The number of thiophene rings is 1.